The zero-order valence-corrected chi connectivity index (χ0v) is 11.1. The van der Waals surface area contributed by atoms with Crippen molar-refractivity contribution in [3.05, 3.63) is 35.4 Å². The molecule has 0 aromatic heterocycles. The monoisotopic (exact) mass is 233 g/mol. The van der Waals surface area contributed by atoms with Crippen LogP contribution in [0.15, 0.2) is 24.3 Å². The van der Waals surface area contributed by atoms with Crippen LogP contribution in [0, 0.1) is 0 Å². The van der Waals surface area contributed by atoms with E-state index in [1.165, 1.54) is 24.0 Å². The molecule has 1 atom stereocenters. The van der Waals surface area contributed by atoms with Gasteiger partial charge in [0.25, 0.3) is 0 Å². The first kappa shape index (κ1) is 12.6. The van der Waals surface area contributed by atoms with Crippen LogP contribution in [-0.2, 0) is 12.0 Å². The summed E-state index contributed by atoms with van der Waals surface area (Å²) < 4.78 is 0. The van der Waals surface area contributed by atoms with Crippen molar-refractivity contribution in [2.75, 3.05) is 6.54 Å². The van der Waals surface area contributed by atoms with Gasteiger partial charge in [0.1, 0.15) is 0 Å². The van der Waals surface area contributed by atoms with E-state index in [1.807, 2.05) is 13.8 Å². The van der Waals surface area contributed by atoms with Gasteiger partial charge >= 0.3 is 0 Å². The molecule has 1 aliphatic heterocycles. The zero-order chi connectivity index (χ0) is 12.5. The number of hydrogen-bond acceptors (Lipinski definition) is 2. The first-order valence-electron chi connectivity index (χ1n) is 6.47. The Morgan fingerprint density at radius 2 is 2.06 bits per heavy atom. The Balaban J connectivity index is 2.33. The summed E-state index contributed by atoms with van der Waals surface area (Å²) in [5.41, 5.74) is 2.05. The number of benzene rings is 1. The SMILES string of the molecule is CC(C)(O)Cc1ccccc1C1(C)CCCN1. The highest BCUT2D eigenvalue weighted by atomic mass is 16.3. The third-order valence-electron chi connectivity index (χ3n) is 3.60. The minimum Gasteiger partial charge on any atom is -0.390 e. The lowest BCUT2D eigenvalue weighted by atomic mass is 9.83. The highest BCUT2D eigenvalue weighted by Gasteiger charge is 2.32. The van der Waals surface area contributed by atoms with Crippen molar-refractivity contribution >= 4 is 0 Å². The maximum absolute atomic E-state index is 10.0. The van der Waals surface area contributed by atoms with Gasteiger partial charge in [-0.25, -0.2) is 0 Å². The van der Waals surface area contributed by atoms with Crippen molar-refractivity contribution < 1.29 is 5.11 Å². The predicted octanol–water partition coefficient (Wildman–Crippen LogP) is 2.60. The molecule has 1 aliphatic rings. The van der Waals surface area contributed by atoms with Crippen molar-refractivity contribution in [2.24, 2.45) is 0 Å². The molecule has 1 fully saturated rings. The standard InChI is InChI=1S/C15H23NO/c1-14(2,17)11-12-7-4-5-8-13(12)15(3)9-6-10-16-15/h4-5,7-8,16-17H,6,9-11H2,1-3H3. The molecule has 2 heteroatoms. The fourth-order valence-electron chi connectivity index (χ4n) is 2.80. The molecule has 2 N–H and O–H groups in total. The van der Waals surface area contributed by atoms with Gasteiger partial charge in [-0.15, -0.1) is 0 Å². The van der Waals surface area contributed by atoms with E-state index in [1.54, 1.807) is 0 Å². The molecule has 1 heterocycles. The molecule has 0 saturated carbocycles. The van der Waals surface area contributed by atoms with Crippen molar-refractivity contribution in [3.63, 3.8) is 0 Å². The summed E-state index contributed by atoms with van der Waals surface area (Å²) in [4.78, 5) is 0. The quantitative estimate of drug-likeness (QED) is 0.841. The summed E-state index contributed by atoms with van der Waals surface area (Å²) >= 11 is 0. The van der Waals surface area contributed by atoms with Gasteiger partial charge in [-0.2, -0.15) is 0 Å². The summed E-state index contributed by atoms with van der Waals surface area (Å²) in [6.07, 6.45) is 3.11. The topological polar surface area (TPSA) is 32.3 Å². The molecule has 17 heavy (non-hydrogen) atoms. The number of aliphatic hydroxyl groups is 1. The fourth-order valence-corrected chi connectivity index (χ4v) is 2.80. The summed E-state index contributed by atoms with van der Waals surface area (Å²) in [5.74, 6) is 0. The molecule has 0 radical (unpaired) electrons. The van der Waals surface area contributed by atoms with Gasteiger partial charge in [0, 0.05) is 12.0 Å². The minimum absolute atomic E-state index is 0.0852. The van der Waals surface area contributed by atoms with Gasteiger partial charge in [-0.1, -0.05) is 24.3 Å². The van der Waals surface area contributed by atoms with Crippen LogP contribution in [0.2, 0.25) is 0 Å². The molecular weight excluding hydrogens is 210 g/mol. The van der Waals surface area contributed by atoms with E-state index in [9.17, 15) is 5.11 Å². The summed E-state index contributed by atoms with van der Waals surface area (Å²) in [5, 5.41) is 13.6. The van der Waals surface area contributed by atoms with E-state index in [2.05, 4.69) is 36.5 Å². The maximum Gasteiger partial charge on any atom is 0.0632 e. The predicted molar refractivity (Wildman–Crippen MR) is 71.0 cm³/mol. The molecule has 0 spiro atoms. The van der Waals surface area contributed by atoms with Gasteiger partial charge in [0.2, 0.25) is 0 Å². The molecule has 1 aromatic rings. The third-order valence-corrected chi connectivity index (χ3v) is 3.60. The first-order chi connectivity index (χ1) is 7.91. The van der Waals surface area contributed by atoms with E-state index >= 15 is 0 Å². The fraction of sp³-hybridized carbons (Fsp3) is 0.600. The largest absolute Gasteiger partial charge is 0.390 e. The lowest BCUT2D eigenvalue weighted by Gasteiger charge is -2.29. The molecule has 2 nitrogen and oxygen atoms in total. The molecule has 1 unspecified atom stereocenters. The van der Waals surface area contributed by atoms with Gasteiger partial charge in [-0.3, -0.25) is 0 Å². The Labute approximate surface area is 104 Å². The van der Waals surface area contributed by atoms with Crippen LogP contribution in [0.5, 0.6) is 0 Å². The Bertz CT molecular complexity index is 386. The second-order valence-electron chi connectivity index (χ2n) is 6.01. The lowest BCUT2D eigenvalue weighted by molar-refractivity contribution is 0.0804. The highest BCUT2D eigenvalue weighted by Crippen LogP contribution is 2.33. The van der Waals surface area contributed by atoms with Crippen molar-refractivity contribution in [2.45, 2.75) is 51.2 Å². The summed E-state index contributed by atoms with van der Waals surface area (Å²) in [7, 11) is 0. The molecule has 0 bridgehead atoms. The number of rotatable bonds is 3. The number of hydrogen-bond donors (Lipinski definition) is 2. The van der Waals surface area contributed by atoms with Crippen LogP contribution in [0.3, 0.4) is 0 Å². The van der Waals surface area contributed by atoms with Crippen LogP contribution >= 0.6 is 0 Å². The van der Waals surface area contributed by atoms with Crippen LogP contribution in [0.4, 0.5) is 0 Å². The molecular formula is C15H23NO. The Hall–Kier alpha value is -0.860. The van der Waals surface area contributed by atoms with Gasteiger partial charge in [0.15, 0.2) is 0 Å². The molecule has 0 aliphatic carbocycles. The molecule has 1 aromatic carbocycles. The van der Waals surface area contributed by atoms with Gasteiger partial charge in [0.05, 0.1) is 5.60 Å². The van der Waals surface area contributed by atoms with Gasteiger partial charge < -0.3 is 10.4 Å². The smallest absolute Gasteiger partial charge is 0.0632 e. The lowest BCUT2D eigenvalue weighted by Crippen LogP contribution is -2.35. The van der Waals surface area contributed by atoms with Gasteiger partial charge in [-0.05, 0) is 51.3 Å². The van der Waals surface area contributed by atoms with E-state index in [-0.39, 0.29) is 5.54 Å². The summed E-state index contributed by atoms with van der Waals surface area (Å²) in [6, 6.07) is 8.48. The van der Waals surface area contributed by atoms with Crippen molar-refractivity contribution in [1.29, 1.82) is 0 Å². The Morgan fingerprint density at radius 1 is 1.35 bits per heavy atom. The van der Waals surface area contributed by atoms with E-state index in [4.69, 9.17) is 0 Å². The average Bonchev–Trinajstić information content (AvgIpc) is 2.64. The molecule has 0 amide bonds. The minimum atomic E-state index is -0.648. The second kappa shape index (κ2) is 4.43. The van der Waals surface area contributed by atoms with Crippen molar-refractivity contribution in [3.8, 4) is 0 Å². The van der Waals surface area contributed by atoms with Crippen molar-refractivity contribution in [1.82, 2.24) is 5.32 Å². The molecule has 2 rings (SSSR count). The summed E-state index contributed by atoms with van der Waals surface area (Å²) in [6.45, 7) is 7.10. The van der Waals surface area contributed by atoms with Crippen LogP contribution in [0.1, 0.15) is 44.7 Å². The third kappa shape index (κ3) is 2.88. The zero-order valence-electron chi connectivity index (χ0n) is 11.1. The van der Waals surface area contributed by atoms with Crippen LogP contribution in [-0.4, -0.2) is 17.3 Å². The Morgan fingerprint density at radius 3 is 2.65 bits per heavy atom. The first-order valence-corrected chi connectivity index (χ1v) is 6.47. The Kier molecular flexibility index (Phi) is 3.28. The van der Waals surface area contributed by atoms with E-state index < -0.39 is 5.60 Å². The number of nitrogens with one attached hydrogen (secondary N) is 1. The normalized spacial score (nSPS) is 25.2. The molecule has 1 saturated heterocycles. The molecule has 94 valence electrons. The van der Waals surface area contributed by atoms with Crippen LogP contribution in [0.25, 0.3) is 0 Å². The van der Waals surface area contributed by atoms with Crippen LogP contribution < -0.4 is 5.32 Å². The van der Waals surface area contributed by atoms with E-state index in [0.717, 1.165) is 6.54 Å². The second-order valence-corrected chi connectivity index (χ2v) is 6.01. The average molecular weight is 233 g/mol. The maximum atomic E-state index is 10.0. The van der Waals surface area contributed by atoms with E-state index in [0.29, 0.717) is 6.42 Å². The highest BCUT2D eigenvalue weighted by molar-refractivity contribution is 5.35.